The minimum atomic E-state index is -0.749. The van der Waals surface area contributed by atoms with Crippen LogP contribution in [0.4, 0.5) is 0 Å². The lowest BCUT2D eigenvalue weighted by Crippen LogP contribution is -2.26. The van der Waals surface area contributed by atoms with Crippen molar-refractivity contribution in [3.8, 4) is 11.5 Å². The second-order valence-electron chi connectivity index (χ2n) is 5.16. The molecule has 0 fully saturated rings. The second kappa shape index (κ2) is 10.3. The largest absolute Gasteiger partial charge is 0.493 e. The standard InChI is InChI=1S/C19H24O6/c1-6-8-10-24-13(3)18(20)25-17-14(9-7-2)11-15(19(21)23-5)12-16(17)22-4/h6-7,11-13H,1-2,8-10H2,3-5H3. The van der Waals surface area contributed by atoms with Crippen LogP contribution in [0.15, 0.2) is 37.4 Å². The summed E-state index contributed by atoms with van der Waals surface area (Å²) in [6.07, 6.45) is 3.61. The summed E-state index contributed by atoms with van der Waals surface area (Å²) in [5, 5.41) is 0. The first-order valence-electron chi connectivity index (χ1n) is 7.82. The van der Waals surface area contributed by atoms with Gasteiger partial charge in [-0.15, -0.1) is 13.2 Å². The number of esters is 2. The van der Waals surface area contributed by atoms with Crippen molar-refractivity contribution in [3.63, 3.8) is 0 Å². The Morgan fingerprint density at radius 2 is 1.92 bits per heavy atom. The SMILES string of the molecule is C=CCCOC(C)C(=O)Oc1c(CC=C)cc(C(=O)OC)cc1OC. The van der Waals surface area contributed by atoms with Gasteiger partial charge in [-0.2, -0.15) is 0 Å². The van der Waals surface area contributed by atoms with Crippen LogP contribution in [0.1, 0.15) is 29.3 Å². The number of rotatable bonds is 10. The fourth-order valence-corrected chi connectivity index (χ4v) is 2.05. The highest BCUT2D eigenvalue weighted by Gasteiger charge is 2.22. The van der Waals surface area contributed by atoms with Gasteiger partial charge in [-0.1, -0.05) is 12.2 Å². The van der Waals surface area contributed by atoms with Gasteiger partial charge in [0.25, 0.3) is 0 Å². The van der Waals surface area contributed by atoms with Crippen LogP contribution in [-0.4, -0.2) is 38.9 Å². The fraction of sp³-hybridized carbons (Fsp3) is 0.368. The molecule has 6 heteroatoms. The van der Waals surface area contributed by atoms with Gasteiger partial charge in [0, 0.05) is 5.56 Å². The van der Waals surface area contributed by atoms with Gasteiger partial charge in [-0.3, -0.25) is 0 Å². The van der Waals surface area contributed by atoms with Crippen molar-refractivity contribution >= 4 is 11.9 Å². The van der Waals surface area contributed by atoms with Crippen LogP contribution in [0.2, 0.25) is 0 Å². The molecule has 0 saturated heterocycles. The van der Waals surface area contributed by atoms with E-state index in [0.29, 0.717) is 30.6 Å². The van der Waals surface area contributed by atoms with E-state index in [1.54, 1.807) is 25.1 Å². The predicted octanol–water partition coefficient (Wildman–Crippen LogP) is 3.10. The van der Waals surface area contributed by atoms with Gasteiger partial charge < -0.3 is 18.9 Å². The normalized spacial score (nSPS) is 11.3. The Hall–Kier alpha value is -2.60. The number of benzene rings is 1. The van der Waals surface area contributed by atoms with E-state index in [1.807, 2.05) is 0 Å². The quantitative estimate of drug-likeness (QED) is 0.280. The first-order chi connectivity index (χ1) is 12.0. The maximum absolute atomic E-state index is 12.3. The summed E-state index contributed by atoms with van der Waals surface area (Å²) in [5.74, 6) is -0.577. The minimum absolute atomic E-state index is 0.235. The van der Waals surface area contributed by atoms with Crippen molar-refractivity contribution in [2.45, 2.75) is 25.9 Å². The summed E-state index contributed by atoms with van der Waals surface area (Å²) >= 11 is 0. The van der Waals surface area contributed by atoms with Crippen molar-refractivity contribution in [1.82, 2.24) is 0 Å². The van der Waals surface area contributed by atoms with Crippen LogP contribution < -0.4 is 9.47 Å². The highest BCUT2D eigenvalue weighted by Crippen LogP contribution is 2.34. The topological polar surface area (TPSA) is 71.1 Å². The zero-order valence-electron chi connectivity index (χ0n) is 14.9. The molecule has 0 aliphatic carbocycles. The lowest BCUT2D eigenvalue weighted by atomic mass is 10.1. The molecule has 0 aliphatic rings. The molecule has 1 rings (SSSR count). The molecule has 0 aromatic heterocycles. The van der Waals surface area contributed by atoms with Gasteiger partial charge in [0.2, 0.25) is 0 Å². The zero-order valence-corrected chi connectivity index (χ0v) is 14.9. The molecule has 1 aromatic rings. The van der Waals surface area contributed by atoms with Gasteiger partial charge >= 0.3 is 11.9 Å². The number of ether oxygens (including phenoxy) is 4. The summed E-state index contributed by atoms with van der Waals surface area (Å²) in [5.41, 5.74) is 0.882. The van der Waals surface area contributed by atoms with E-state index < -0.39 is 18.0 Å². The molecule has 0 radical (unpaired) electrons. The number of methoxy groups -OCH3 is 2. The lowest BCUT2D eigenvalue weighted by Gasteiger charge is -2.17. The number of allylic oxidation sites excluding steroid dienone is 1. The first kappa shape index (κ1) is 20.4. The van der Waals surface area contributed by atoms with Gasteiger partial charge in [0.1, 0.15) is 0 Å². The number of hydrogen-bond acceptors (Lipinski definition) is 6. The molecule has 6 nitrogen and oxygen atoms in total. The van der Waals surface area contributed by atoms with Crippen LogP contribution >= 0.6 is 0 Å². The highest BCUT2D eigenvalue weighted by atomic mass is 16.6. The van der Waals surface area contributed by atoms with Crippen molar-refractivity contribution in [1.29, 1.82) is 0 Å². The van der Waals surface area contributed by atoms with E-state index >= 15 is 0 Å². The number of hydrogen-bond donors (Lipinski definition) is 0. The Bertz CT molecular complexity index is 635. The third-order valence-electron chi connectivity index (χ3n) is 3.36. The Kier molecular flexibility index (Phi) is 8.43. The first-order valence-corrected chi connectivity index (χ1v) is 7.82. The van der Waals surface area contributed by atoms with E-state index in [1.165, 1.54) is 20.3 Å². The molecule has 0 saturated carbocycles. The molecule has 1 unspecified atom stereocenters. The number of carbonyl (C=O) groups excluding carboxylic acids is 2. The molecule has 1 aromatic carbocycles. The van der Waals surface area contributed by atoms with Gasteiger partial charge in [0.05, 0.1) is 26.4 Å². The second-order valence-corrected chi connectivity index (χ2v) is 5.16. The van der Waals surface area contributed by atoms with E-state index in [4.69, 9.17) is 18.9 Å². The molecule has 1 atom stereocenters. The Balaban J connectivity index is 3.10. The van der Waals surface area contributed by atoms with Crippen LogP contribution in [0, 0.1) is 0 Å². The monoisotopic (exact) mass is 348 g/mol. The smallest absolute Gasteiger partial charge is 0.340 e. The van der Waals surface area contributed by atoms with E-state index in [-0.39, 0.29) is 11.5 Å². The molecular weight excluding hydrogens is 324 g/mol. The molecule has 0 spiro atoms. The minimum Gasteiger partial charge on any atom is -0.493 e. The zero-order chi connectivity index (χ0) is 18.8. The van der Waals surface area contributed by atoms with Crippen molar-refractivity contribution in [2.75, 3.05) is 20.8 Å². The van der Waals surface area contributed by atoms with Crippen molar-refractivity contribution in [2.24, 2.45) is 0 Å². The molecule has 136 valence electrons. The summed E-state index contributed by atoms with van der Waals surface area (Å²) in [4.78, 5) is 24.0. The lowest BCUT2D eigenvalue weighted by molar-refractivity contribution is -0.146. The maximum atomic E-state index is 12.3. The third-order valence-corrected chi connectivity index (χ3v) is 3.36. The molecule has 0 N–H and O–H groups in total. The van der Waals surface area contributed by atoms with E-state index in [9.17, 15) is 9.59 Å². The fourth-order valence-electron chi connectivity index (χ4n) is 2.05. The summed E-state index contributed by atoms with van der Waals surface area (Å²) < 4.78 is 20.9. The Morgan fingerprint density at radius 1 is 1.20 bits per heavy atom. The molecule has 0 aliphatic heterocycles. The Morgan fingerprint density at radius 3 is 2.48 bits per heavy atom. The molecule has 0 bridgehead atoms. The van der Waals surface area contributed by atoms with Gasteiger partial charge in [-0.05, 0) is 31.9 Å². The van der Waals surface area contributed by atoms with Crippen LogP contribution in [0.25, 0.3) is 0 Å². The number of carbonyl (C=O) groups is 2. The Labute approximate surface area is 148 Å². The molecule has 0 heterocycles. The molecule has 0 amide bonds. The average Bonchev–Trinajstić information content (AvgIpc) is 2.62. The molecular formula is C19H24O6. The van der Waals surface area contributed by atoms with Crippen LogP contribution in [-0.2, 0) is 20.7 Å². The average molecular weight is 348 g/mol. The van der Waals surface area contributed by atoms with E-state index in [0.717, 1.165) is 0 Å². The summed E-state index contributed by atoms with van der Waals surface area (Å²) in [6, 6.07) is 3.05. The third kappa shape index (κ3) is 5.76. The summed E-state index contributed by atoms with van der Waals surface area (Å²) in [6.45, 7) is 9.25. The van der Waals surface area contributed by atoms with Crippen LogP contribution in [0.3, 0.4) is 0 Å². The van der Waals surface area contributed by atoms with Crippen LogP contribution in [0.5, 0.6) is 11.5 Å². The predicted molar refractivity (Wildman–Crippen MR) is 94.1 cm³/mol. The summed E-state index contributed by atoms with van der Waals surface area (Å²) in [7, 11) is 2.72. The van der Waals surface area contributed by atoms with E-state index in [2.05, 4.69) is 13.2 Å². The highest BCUT2D eigenvalue weighted by molar-refractivity contribution is 5.91. The van der Waals surface area contributed by atoms with Gasteiger partial charge in [0.15, 0.2) is 17.6 Å². The van der Waals surface area contributed by atoms with Gasteiger partial charge in [-0.25, -0.2) is 9.59 Å². The van der Waals surface area contributed by atoms with Crippen molar-refractivity contribution in [3.05, 3.63) is 48.6 Å². The molecule has 25 heavy (non-hydrogen) atoms. The van der Waals surface area contributed by atoms with Crippen molar-refractivity contribution < 1.29 is 28.5 Å². The maximum Gasteiger partial charge on any atom is 0.340 e.